The molecule has 0 heterocycles. The van der Waals surface area contributed by atoms with E-state index in [1.165, 1.54) is 23.3 Å². The maximum Gasteiger partial charge on any atom is 0.269 e. The Labute approximate surface area is 151 Å². The van der Waals surface area contributed by atoms with Gasteiger partial charge in [0.1, 0.15) is 0 Å². The molecule has 0 aromatic heterocycles. The SMILES string of the molecule is CC(C)=CCCC(C)=CCCC(C)CC=Nc1ccc([N+](=O)[O-])cc1. The minimum absolute atomic E-state index is 0.0964. The molecule has 1 aromatic carbocycles. The van der Waals surface area contributed by atoms with Crippen molar-refractivity contribution in [2.45, 2.75) is 59.8 Å². The van der Waals surface area contributed by atoms with Crippen LogP contribution in [0, 0.1) is 16.0 Å². The van der Waals surface area contributed by atoms with E-state index in [1.54, 1.807) is 12.1 Å². The molecule has 0 saturated heterocycles. The van der Waals surface area contributed by atoms with Crippen LogP contribution in [-0.4, -0.2) is 11.1 Å². The average Bonchev–Trinajstić information content (AvgIpc) is 2.55. The highest BCUT2D eigenvalue weighted by molar-refractivity contribution is 5.63. The van der Waals surface area contributed by atoms with Gasteiger partial charge in [-0.05, 0) is 70.9 Å². The van der Waals surface area contributed by atoms with Crippen LogP contribution >= 0.6 is 0 Å². The number of allylic oxidation sites excluding steroid dienone is 4. The number of hydrogen-bond donors (Lipinski definition) is 0. The summed E-state index contributed by atoms with van der Waals surface area (Å²) >= 11 is 0. The second-order valence-electron chi connectivity index (χ2n) is 6.87. The van der Waals surface area contributed by atoms with Crippen LogP contribution in [0.1, 0.15) is 59.8 Å². The second-order valence-corrected chi connectivity index (χ2v) is 6.87. The summed E-state index contributed by atoms with van der Waals surface area (Å²) in [7, 11) is 0. The molecule has 0 N–H and O–H groups in total. The predicted molar refractivity (Wildman–Crippen MR) is 107 cm³/mol. The molecule has 0 saturated carbocycles. The lowest BCUT2D eigenvalue weighted by atomic mass is 10.0. The van der Waals surface area contributed by atoms with Crippen LogP contribution < -0.4 is 0 Å². The van der Waals surface area contributed by atoms with E-state index in [-0.39, 0.29) is 5.69 Å². The zero-order valence-corrected chi connectivity index (χ0v) is 15.9. The molecule has 4 heteroatoms. The van der Waals surface area contributed by atoms with E-state index in [4.69, 9.17) is 0 Å². The standard InChI is InChI=1S/C21H30N2O2/c1-17(2)7-5-8-18(3)9-6-10-19(4)15-16-22-20-11-13-21(14-12-20)23(24)25/h7,9,11-14,16,19H,5-6,8,10,15H2,1-4H3. The third-order valence-corrected chi connectivity index (χ3v) is 4.05. The molecule has 1 aromatic rings. The van der Waals surface area contributed by atoms with Crippen molar-refractivity contribution in [1.82, 2.24) is 0 Å². The van der Waals surface area contributed by atoms with Gasteiger partial charge in [0.25, 0.3) is 5.69 Å². The maximum atomic E-state index is 10.6. The Kier molecular flexibility index (Phi) is 9.45. The molecule has 0 aliphatic carbocycles. The van der Waals surface area contributed by atoms with Gasteiger partial charge in [-0.2, -0.15) is 0 Å². The van der Waals surface area contributed by atoms with E-state index in [0.717, 1.165) is 37.8 Å². The summed E-state index contributed by atoms with van der Waals surface area (Å²) in [6, 6.07) is 6.33. The average molecular weight is 342 g/mol. The van der Waals surface area contributed by atoms with Gasteiger partial charge in [-0.25, -0.2) is 0 Å². The van der Waals surface area contributed by atoms with Gasteiger partial charge in [-0.15, -0.1) is 0 Å². The quantitative estimate of drug-likeness (QED) is 0.203. The van der Waals surface area contributed by atoms with Crippen molar-refractivity contribution in [3.63, 3.8) is 0 Å². The fourth-order valence-electron chi connectivity index (χ4n) is 2.42. The van der Waals surface area contributed by atoms with Crippen LogP contribution in [0.4, 0.5) is 11.4 Å². The number of nitro benzene ring substituents is 1. The lowest BCUT2D eigenvalue weighted by Crippen LogP contribution is -1.94. The summed E-state index contributed by atoms with van der Waals surface area (Å²) in [5.41, 5.74) is 3.70. The highest BCUT2D eigenvalue weighted by Gasteiger charge is 2.03. The first kappa shape index (κ1) is 20.8. The number of benzene rings is 1. The Morgan fingerprint density at radius 3 is 2.44 bits per heavy atom. The minimum atomic E-state index is -0.398. The Morgan fingerprint density at radius 1 is 1.16 bits per heavy atom. The molecule has 0 radical (unpaired) electrons. The number of hydrogen-bond acceptors (Lipinski definition) is 3. The van der Waals surface area contributed by atoms with Crippen LogP contribution in [0.25, 0.3) is 0 Å². The smallest absolute Gasteiger partial charge is 0.261 e. The van der Waals surface area contributed by atoms with Crippen molar-refractivity contribution in [2.75, 3.05) is 0 Å². The van der Waals surface area contributed by atoms with Crippen LogP contribution in [0.15, 0.2) is 52.6 Å². The van der Waals surface area contributed by atoms with Gasteiger partial charge in [0, 0.05) is 18.3 Å². The van der Waals surface area contributed by atoms with Crippen LogP contribution in [0.3, 0.4) is 0 Å². The first-order valence-electron chi connectivity index (χ1n) is 8.94. The van der Waals surface area contributed by atoms with E-state index in [0.29, 0.717) is 5.92 Å². The zero-order valence-electron chi connectivity index (χ0n) is 15.9. The molecule has 1 rings (SSSR count). The Hall–Kier alpha value is -2.23. The third kappa shape index (κ3) is 9.60. The van der Waals surface area contributed by atoms with Gasteiger partial charge in [0.15, 0.2) is 0 Å². The highest BCUT2D eigenvalue weighted by Crippen LogP contribution is 2.18. The van der Waals surface area contributed by atoms with Crippen molar-refractivity contribution in [1.29, 1.82) is 0 Å². The third-order valence-electron chi connectivity index (χ3n) is 4.05. The molecule has 4 nitrogen and oxygen atoms in total. The van der Waals surface area contributed by atoms with Crippen molar-refractivity contribution >= 4 is 17.6 Å². The molecule has 0 bridgehead atoms. The molecule has 0 spiro atoms. The van der Waals surface area contributed by atoms with Crippen molar-refractivity contribution in [2.24, 2.45) is 10.9 Å². The topological polar surface area (TPSA) is 55.5 Å². The summed E-state index contributed by atoms with van der Waals surface area (Å²) in [6.45, 7) is 8.71. The highest BCUT2D eigenvalue weighted by atomic mass is 16.6. The Bertz CT molecular complexity index is 624. The Balaban J connectivity index is 2.31. The fraction of sp³-hybridized carbons (Fsp3) is 0.476. The molecule has 1 unspecified atom stereocenters. The lowest BCUT2D eigenvalue weighted by Gasteiger charge is -2.06. The van der Waals surface area contributed by atoms with Crippen LogP contribution in [0.2, 0.25) is 0 Å². The molecule has 0 fully saturated rings. The van der Waals surface area contributed by atoms with Gasteiger partial charge in [-0.3, -0.25) is 15.1 Å². The summed E-state index contributed by atoms with van der Waals surface area (Å²) in [5.74, 6) is 0.573. The van der Waals surface area contributed by atoms with E-state index in [9.17, 15) is 10.1 Å². The number of non-ortho nitro benzene ring substituents is 1. The normalized spacial score (nSPS) is 13.0. The predicted octanol–water partition coefficient (Wildman–Crippen LogP) is 6.80. The fourth-order valence-corrected chi connectivity index (χ4v) is 2.42. The van der Waals surface area contributed by atoms with Gasteiger partial charge < -0.3 is 0 Å². The molecule has 0 aliphatic rings. The van der Waals surface area contributed by atoms with Gasteiger partial charge in [-0.1, -0.05) is 30.2 Å². The summed E-state index contributed by atoms with van der Waals surface area (Å²) < 4.78 is 0. The first-order valence-corrected chi connectivity index (χ1v) is 8.94. The zero-order chi connectivity index (χ0) is 18.7. The number of nitro groups is 1. The van der Waals surface area contributed by atoms with Gasteiger partial charge in [0.05, 0.1) is 10.6 Å². The van der Waals surface area contributed by atoms with Crippen molar-refractivity contribution in [3.05, 3.63) is 57.7 Å². The van der Waals surface area contributed by atoms with Crippen molar-refractivity contribution in [3.8, 4) is 0 Å². The van der Waals surface area contributed by atoms with E-state index in [2.05, 4.69) is 44.8 Å². The van der Waals surface area contributed by atoms with E-state index in [1.807, 2.05) is 6.21 Å². The first-order chi connectivity index (χ1) is 11.9. The largest absolute Gasteiger partial charge is 0.269 e. The number of nitrogens with zero attached hydrogens (tertiary/aromatic N) is 2. The molecule has 136 valence electrons. The maximum absolute atomic E-state index is 10.6. The lowest BCUT2D eigenvalue weighted by molar-refractivity contribution is -0.384. The second kappa shape index (κ2) is 11.3. The summed E-state index contributed by atoms with van der Waals surface area (Å²) in [5, 5.41) is 10.6. The molecule has 0 aliphatic heterocycles. The summed E-state index contributed by atoms with van der Waals surface area (Å²) in [4.78, 5) is 14.6. The van der Waals surface area contributed by atoms with Crippen LogP contribution in [0.5, 0.6) is 0 Å². The molecule has 25 heavy (non-hydrogen) atoms. The molecular formula is C21H30N2O2. The monoisotopic (exact) mass is 342 g/mol. The number of rotatable bonds is 10. The molecule has 0 amide bonds. The van der Waals surface area contributed by atoms with Crippen molar-refractivity contribution < 1.29 is 4.92 Å². The van der Waals surface area contributed by atoms with Gasteiger partial charge in [0.2, 0.25) is 0 Å². The Morgan fingerprint density at radius 2 is 1.84 bits per heavy atom. The molecule has 1 atom stereocenters. The molecular weight excluding hydrogens is 312 g/mol. The minimum Gasteiger partial charge on any atom is -0.261 e. The number of aliphatic imine (C=N–C) groups is 1. The van der Waals surface area contributed by atoms with E-state index < -0.39 is 4.92 Å². The van der Waals surface area contributed by atoms with E-state index >= 15 is 0 Å². The summed E-state index contributed by atoms with van der Waals surface area (Å²) in [6.07, 6.45) is 12.0. The van der Waals surface area contributed by atoms with Crippen LogP contribution in [-0.2, 0) is 0 Å². The van der Waals surface area contributed by atoms with Gasteiger partial charge >= 0.3 is 0 Å².